The van der Waals surface area contributed by atoms with Gasteiger partial charge >= 0.3 is 0 Å². The van der Waals surface area contributed by atoms with Crippen LogP contribution in [0.25, 0.3) is 0 Å². The molecule has 1 saturated carbocycles. The van der Waals surface area contributed by atoms with Gasteiger partial charge in [-0.15, -0.1) is 0 Å². The minimum atomic E-state index is -0.313. The van der Waals surface area contributed by atoms with Gasteiger partial charge in [0.25, 0.3) is 0 Å². The van der Waals surface area contributed by atoms with Gasteiger partial charge in [0.15, 0.2) is 5.11 Å². The Kier molecular flexibility index (Phi) is 3.53. The highest BCUT2D eigenvalue weighted by Gasteiger charge is 2.45. The van der Waals surface area contributed by atoms with Crippen LogP contribution in [0.4, 0.5) is 0 Å². The molecule has 0 aromatic heterocycles. The standard InChI is InChI=1S/C11H20N4OS/c1-8(13-10(17)14-12)9(16)15-6-4-11(2-3-11)5-7-15/h8H,2-7,12H2,1H3,(H2,13,14,17)/t8-/m1/s1. The van der Waals surface area contributed by atoms with Gasteiger partial charge in [-0.05, 0) is 50.2 Å². The number of thiocarbonyl (C=S) groups is 1. The van der Waals surface area contributed by atoms with Gasteiger partial charge in [0.1, 0.15) is 6.04 Å². The quantitative estimate of drug-likeness (QED) is 0.372. The number of rotatable bonds is 2. The molecule has 96 valence electrons. The summed E-state index contributed by atoms with van der Waals surface area (Å²) in [6.07, 6.45) is 5.02. The molecule has 1 heterocycles. The van der Waals surface area contributed by atoms with Crippen LogP contribution in [0.1, 0.15) is 32.6 Å². The molecule has 17 heavy (non-hydrogen) atoms. The van der Waals surface area contributed by atoms with Crippen molar-refractivity contribution >= 4 is 23.2 Å². The van der Waals surface area contributed by atoms with E-state index in [0.717, 1.165) is 25.9 Å². The Labute approximate surface area is 107 Å². The van der Waals surface area contributed by atoms with Crippen LogP contribution in [0.2, 0.25) is 0 Å². The Hall–Kier alpha value is -0.880. The predicted molar refractivity (Wildman–Crippen MR) is 70.0 cm³/mol. The van der Waals surface area contributed by atoms with E-state index in [1.54, 1.807) is 0 Å². The number of nitrogens with two attached hydrogens (primary N) is 1. The van der Waals surface area contributed by atoms with Crippen molar-refractivity contribution in [1.82, 2.24) is 15.6 Å². The van der Waals surface area contributed by atoms with E-state index in [-0.39, 0.29) is 11.9 Å². The average Bonchev–Trinajstić information content (AvgIpc) is 3.08. The molecule has 1 amide bonds. The first kappa shape index (κ1) is 12.6. The molecule has 0 aromatic rings. The molecule has 0 unspecified atom stereocenters. The van der Waals surface area contributed by atoms with E-state index < -0.39 is 0 Å². The SMILES string of the molecule is C[C@@H](NC(=S)NN)C(=O)N1CCC2(CC1)CC2. The number of nitrogens with one attached hydrogen (secondary N) is 2. The summed E-state index contributed by atoms with van der Waals surface area (Å²) in [5.41, 5.74) is 2.93. The molecule has 2 rings (SSSR count). The van der Waals surface area contributed by atoms with Crippen molar-refractivity contribution in [2.45, 2.75) is 38.6 Å². The van der Waals surface area contributed by atoms with Gasteiger partial charge in [0, 0.05) is 13.1 Å². The summed E-state index contributed by atoms with van der Waals surface area (Å²) in [7, 11) is 0. The number of carbonyl (C=O) groups excluding carboxylic acids is 1. The first-order valence-electron chi connectivity index (χ1n) is 6.12. The van der Waals surface area contributed by atoms with Crippen LogP contribution >= 0.6 is 12.2 Å². The van der Waals surface area contributed by atoms with Gasteiger partial charge in [-0.25, -0.2) is 5.84 Å². The fourth-order valence-electron chi connectivity index (χ4n) is 2.45. The van der Waals surface area contributed by atoms with Gasteiger partial charge in [0.2, 0.25) is 5.91 Å². The molecule has 6 heteroatoms. The molecule has 1 atom stereocenters. The van der Waals surface area contributed by atoms with Crippen LogP contribution in [-0.2, 0) is 4.79 Å². The van der Waals surface area contributed by atoms with Crippen LogP contribution < -0.4 is 16.6 Å². The lowest BCUT2D eigenvalue weighted by atomic mass is 9.93. The lowest BCUT2D eigenvalue weighted by molar-refractivity contribution is -0.134. The number of amides is 1. The number of carbonyl (C=O) groups is 1. The monoisotopic (exact) mass is 256 g/mol. The Morgan fingerprint density at radius 3 is 2.41 bits per heavy atom. The Morgan fingerprint density at radius 2 is 1.94 bits per heavy atom. The molecule has 0 aromatic carbocycles. The van der Waals surface area contributed by atoms with Crippen molar-refractivity contribution in [3.8, 4) is 0 Å². The average molecular weight is 256 g/mol. The highest BCUT2D eigenvalue weighted by Crippen LogP contribution is 2.53. The molecule has 4 N–H and O–H groups in total. The molecule has 2 aliphatic rings. The molecule has 1 aliphatic carbocycles. The van der Waals surface area contributed by atoms with Crippen LogP contribution in [0, 0.1) is 5.41 Å². The molecular weight excluding hydrogens is 236 g/mol. The lowest BCUT2D eigenvalue weighted by Crippen LogP contribution is -2.52. The zero-order chi connectivity index (χ0) is 12.5. The van der Waals surface area contributed by atoms with E-state index in [1.165, 1.54) is 12.8 Å². The summed E-state index contributed by atoms with van der Waals surface area (Å²) in [6.45, 7) is 3.58. The van der Waals surface area contributed by atoms with Gasteiger partial charge in [0.05, 0.1) is 0 Å². The zero-order valence-corrected chi connectivity index (χ0v) is 11.0. The van der Waals surface area contributed by atoms with Crippen LogP contribution in [-0.4, -0.2) is 35.1 Å². The minimum Gasteiger partial charge on any atom is -0.350 e. The van der Waals surface area contributed by atoms with Crippen LogP contribution in [0.15, 0.2) is 0 Å². The summed E-state index contributed by atoms with van der Waals surface area (Å²) in [5, 5.41) is 3.17. The number of piperidine rings is 1. The minimum absolute atomic E-state index is 0.109. The Morgan fingerprint density at radius 1 is 1.35 bits per heavy atom. The highest BCUT2D eigenvalue weighted by atomic mass is 32.1. The van der Waals surface area contributed by atoms with Gasteiger partial charge < -0.3 is 15.6 Å². The van der Waals surface area contributed by atoms with E-state index in [1.807, 2.05) is 11.8 Å². The third-order valence-electron chi connectivity index (χ3n) is 3.94. The Bertz CT molecular complexity index is 319. The smallest absolute Gasteiger partial charge is 0.244 e. The predicted octanol–water partition coefficient (Wildman–Crippen LogP) is 0.115. The first-order valence-corrected chi connectivity index (χ1v) is 6.53. The second-order valence-electron chi connectivity index (χ2n) is 5.16. The number of hydrogen-bond donors (Lipinski definition) is 3. The number of nitrogens with zero attached hydrogens (tertiary/aromatic N) is 1. The molecule has 1 saturated heterocycles. The van der Waals surface area contributed by atoms with Crippen molar-refractivity contribution in [2.75, 3.05) is 13.1 Å². The number of hydrogen-bond acceptors (Lipinski definition) is 3. The summed E-state index contributed by atoms with van der Waals surface area (Å²) >= 11 is 4.88. The van der Waals surface area contributed by atoms with E-state index in [0.29, 0.717) is 10.5 Å². The molecule has 0 bridgehead atoms. The largest absolute Gasteiger partial charge is 0.350 e. The molecule has 2 fully saturated rings. The van der Waals surface area contributed by atoms with E-state index in [2.05, 4.69) is 10.7 Å². The second kappa shape index (κ2) is 4.78. The fraction of sp³-hybridized carbons (Fsp3) is 0.818. The van der Waals surface area contributed by atoms with Gasteiger partial charge in [-0.1, -0.05) is 0 Å². The van der Waals surface area contributed by atoms with Gasteiger partial charge in [-0.3, -0.25) is 4.79 Å². The summed E-state index contributed by atoms with van der Waals surface area (Å²) in [4.78, 5) is 14.0. The summed E-state index contributed by atoms with van der Waals surface area (Å²) < 4.78 is 0. The molecule has 1 spiro atoms. The van der Waals surface area contributed by atoms with Crippen molar-refractivity contribution in [2.24, 2.45) is 11.3 Å². The van der Waals surface area contributed by atoms with Crippen LogP contribution in [0.3, 0.4) is 0 Å². The van der Waals surface area contributed by atoms with Crippen molar-refractivity contribution < 1.29 is 4.79 Å². The van der Waals surface area contributed by atoms with E-state index in [9.17, 15) is 4.79 Å². The lowest BCUT2D eigenvalue weighted by Gasteiger charge is -2.34. The van der Waals surface area contributed by atoms with Crippen LogP contribution in [0.5, 0.6) is 0 Å². The Balaban J connectivity index is 1.81. The van der Waals surface area contributed by atoms with Crippen molar-refractivity contribution in [3.63, 3.8) is 0 Å². The summed E-state index contributed by atoms with van der Waals surface area (Å²) in [6, 6.07) is -0.313. The maximum Gasteiger partial charge on any atom is 0.244 e. The zero-order valence-electron chi connectivity index (χ0n) is 10.2. The molecule has 1 aliphatic heterocycles. The van der Waals surface area contributed by atoms with E-state index >= 15 is 0 Å². The molecular formula is C11H20N4OS. The number of likely N-dealkylation sites (tertiary alicyclic amines) is 1. The fourth-order valence-corrected chi connectivity index (χ4v) is 2.63. The van der Waals surface area contributed by atoms with Crippen molar-refractivity contribution in [3.05, 3.63) is 0 Å². The normalized spacial score (nSPS) is 23.1. The topological polar surface area (TPSA) is 70.4 Å². The molecule has 5 nitrogen and oxygen atoms in total. The third-order valence-corrected chi connectivity index (χ3v) is 4.18. The van der Waals surface area contributed by atoms with Gasteiger partial charge in [-0.2, -0.15) is 0 Å². The van der Waals surface area contributed by atoms with Crippen molar-refractivity contribution in [1.29, 1.82) is 0 Å². The first-order chi connectivity index (χ1) is 8.06. The molecule has 0 radical (unpaired) electrons. The number of hydrazine groups is 1. The maximum absolute atomic E-state index is 12.1. The second-order valence-corrected chi connectivity index (χ2v) is 5.57. The third kappa shape index (κ3) is 2.87. The highest BCUT2D eigenvalue weighted by molar-refractivity contribution is 7.80. The van der Waals surface area contributed by atoms with E-state index in [4.69, 9.17) is 18.1 Å². The summed E-state index contributed by atoms with van der Waals surface area (Å²) in [5.74, 6) is 5.27. The maximum atomic E-state index is 12.1.